The lowest BCUT2D eigenvalue weighted by molar-refractivity contribution is 0.626. The van der Waals surface area contributed by atoms with Gasteiger partial charge in [0.05, 0.1) is 0 Å². The quantitative estimate of drug-likeness (QED) is 0.735. The van der Waals surface area contributed by atoms with Crippen LogP contribution in [0.15, 0.2) is 65.8 Å². The molecule has 0 bridgehead atoms. The van der Waals surface area contributed by atoms with Gasteiger partial charge in [-0.15, -0.1) is 11.8 Å². The lowest BCUT2D eigenvalue weighted by Crippen LogP contribution is -2.13. The van der Waals surface area contributed by atoms with Crippen molar-refractivity contribution in [3.63, 3.8) is 0 Å². The lowest BCUT2D eigenvalue weighted by Gasteiger charge is -2.14. The van der Waals surface area contributed by atoms with Crippen LogP contribution >= 0.6 is 11.8 Å². The summed E-state index contributed by atoms with van der Waals surface area (Å²) in [5.41, 5.74) is 7.41. The minimum atomic E-state index is -0.219. The van der Waals surface area contributed by atoms with Crippen LogP contribution < -0.4 is 5.73 Å². The normalized spacial score (nSPS) is 12.5. The van der Waals surface area contributed by atoms with E-state index in [1.54, 1.807) is 30.1 Å². The van der Waals surface area contributed by atoms with Crippen molar-refractivity contribution in [2.45, 2.75) is 10.9 Å². The molecule has 1 atom stereocenters. The standard InChI is InChI=1S/C17H15FN2S/c18-13-4-6-14(7-5-13)21-11-17(19)15-3-1-2-12-8-9-20-10-16(12)15/h1-10,17H,11,19H2. The minimum absolute atomic E-state index is 0.0899. The maximum absolute atomic E-state index is 12.9. The molecule has 106 valence electrons. The van der Waals surface area contributed by atoms with Gasteiger partial charge in [-0.1, -0.05) is 18.2 Å². The van der Waals surface area contributed by atoms with Crippen molar-refractivity contribution in [1.82, 2.24) is 4.98 Å². The Morgan fingerprint density at radius 2 is 1.90 bits per heavy atom. The molecule has 3 rings (SSSR count). The number of aromatic nitrogens is 1. The number of nitrogens with zero attached hydrogens (tertiary/aromatic N) is 1. The molecule has 0 aliphatic carbocycles. The van der Waals surface area contributed by atoms with E-state index in [0.29, 0.717) is 0 Å². The smallest absolute Gasteiger partial charge is 0.123 e. The number of hydrogen-bond donors (Lipinski definition) is 1. The van der Waals surface area contributed by atoms with Crippen LogP contribution in [0.1, 0.15) is 11.6 Å². The number of hydrogen-bond acceptors (Lipinski definition) is 3. The van der Waals surface area contributed by atoms with E-state index in [9.17, 15) is 4.39 Å². The highest BCUT2D eigenvalue weighted by Crippen LogP contribution is 2.27. The molecule has 0 saturated carbocycles. The van der Waals surface area contributed by atoms with Gasteiger partial charge in [-0.3, -0.25) is 4.98 Å². The van der Waals surface area contributed by atoms with Gasteiger partial charge < -0.3 is 5.73 Å². The molecule has 21 heavy (non-hydrogen) atoms. The number of halogens is 1. The molecular formula is C17H15FN2S. The van der Waals surface area contributed by atoms with Crippen molar-refractivity contribution in [2.24, 2.45) is 5.73 Å². The van der Waals surface area contributed by atoms with Gasteiger partial charge in [-0.25, -0.2) is 4.39 Å². The Labute approximate surface area is 127 Å². The van der Waals surface area contributed by atoms with E-state index in [-0.39, 0.29) is 11.9 Å². The summed E-state index contributed by atoms with van der Waals surface area (Å²) in [6.45, 7) is 0. The van der Waals surface area contributed by atoms with Crippen LogP contribution in [0.4, 0.5) is 4.39 Å². The molecular weight excluding hydrogens is 283 g/mol. The average Bonchev–Trinajstić information content (AvgIpc) is 2.53. The van der Waals surface area contributed by atoms with Crippen LogP contribution in [0, 0.1) is 5.82 Å². The molecule has 1 heterocycles. The molecule has 0 fully saturated rings. The molecule has 0 saturated heterocycles. The molecule has 1 aromatic heterocycles. The minimum Gasteiger partial charge on any atom is -0.323 e. The van der Waals surface area contributed by atoms with Crippen LogP contribution in [-0.2, 0) is 0 Å². The van der Waals surface area contributed by atoms with Gasteiger partial charge in [0.1, 0.15) is 5.82 Å². The number of benzene rings is 2. The molecule has 2 aromatic carbocycles. The maximum atomic E-state index is 12.9. The van der Waals surface area contributed by atoms with E-state index in [1.807, 2.05) is 24.4 Å². The zero-order valence-corrected chi connectivity index (χ0v) is 12.2. The van der Waals surface area contributed by atoms with Crippen LogP contribution in [-0.4, -0.2) is 10.7 Å². The highest BCUT2D eigenvalue weighted by Gasteiger charge is 2.10. The monoisotopic (exact) mass is 298 g/mol. The number of nitrogens with two attached hydrogens (primary N) is 1. The Hall–Kier alpha value is -1.91. The topological polar surface area (TPSA) is 38.9 Å². The second-order valence-electron chi connectivity index (χ2n) is 4.82. The summed E-state index contributed by atoms with van der Waals surface area (Å²) >= 11 is 1.63. The number of thioether (sulfide) groups is 1. The van der Waals surface area contributed by atoms with Crippen LogP contribution in [0.3, 0.4) is 0 Å². The van der Waals surface area contributed by atoms with Crippen molar-refractivity contribution in [1.29, 1.82) is 0 Å². The van der Waals surface area contributed by atoms with E-state index < -0.39 is 0 Å². The first-order valence-electron chi connectivity index (χ1n) is 6.70. The second-order valence-corrected chi connectivity index (χ2v) is 5.91. The summed E-state index contributed by atoms with van der Waals surface area (Å²) in [5, 5.41) is 2.23. The van der Waals surface area contributed by atoms with Gasteiger partial charge in [0.15, 0.2) is 0 Å². The fraction of sp³-hybridized carbons (Fsp3) is 0.118. The van der Waals surface area contributed by atoms with Crippen molar-refractivity contribution >= 4 is 22.5 Å². The third-order valence-electron chi connectivity index (χ3n) is 3.36. The third-order valence-corrected chi connectivity index (χ3v) is 4.49. The highest BCUT2D eigenvalue weighted by atomic mass is 32.2. The van der Waals surface area contributed by atoms with Gasteiger partial charge in [0.25, 0.3) is 0 Å². The van der Waals surface area contributed by atoms with Crippen molar-refractivity contribution in [2.75, 3.05) is 5.75 Å². The average molecular weight is 298 g/mol. The third kappa shape index (κ3) is 3.23. The summed E-state index contributed by atoms with van der Waals surface area (Å²) in [6.07, 6.45) is 3.64. The molecule has 2 nitrogen and oxygen atoms in total. The number of fused-ring (bicyclic) bond motifs is 1. The highest BCUT2D eigenvalue weighted by molar-refractivity contribution is 7.99. The largest absolute Gasteiger partial charge is 0.323 e. The predicted molar refractivity (Wildman–Crippen MR) is 85.8 cm³/mol. The van der Waals surface area contributed by atoms with E-state index in [2.05, 4.69) is 11.1 Å². The molecule has 0 radical (unpaired) electrons. The maximum Gasteiger partial charge on any atom is 0.123 e. The first kappa shape index (κ1) is 14.0. The molecule has 3 aromatic rings. The van der Waals surface area contributed by atoms with Gasteiger partial charge in [-0.2, -0.15) is 0 Å². The Bertz CT molecular complexity index is 738. The van der Waals surface area contributed by atoms with Crippen molar-refractivity contribution in [3.8, 4) is 0 Å². The van der Waals surface area contributed by atoms with Gasteiger partial charge >= 0.3 is 0 Å². The Kier molecular flexibility index (Phi) is 4.18. The molecule has 0 aliphatic heterocycles. The molecule has 2 N–H and O–H groups in total. The van der Waals surface area contributed by atoms with Crippen LogP contribution in [0.5, 0.6) is 0 Å². The molecule has 1 unspecified atom stereocenters. The zero-order chi connectivity index (χ0) is 14.7. The number of rotatable bonds is 4. The van der Waals surface area contributed by atoms with Gasteiger partial charge in [0.2, 0.25) is 0 Å². The zero-order valence-electron chi connectivity index (χ0n) is 11.4. The fourth-order valence-electron chi connectivity index (χ4n) is 2.27. The molecule has 0 amide bonds. The van der Waals surface area contributed by atoms with E-state index in [0.717, 1.165) is 27.0 Å². The summed E-state index contributed by atoms with van der Waals surface area (Å²) in [4.78, 5) is 5.20. The van der Waals surface area contributed by atoms with E-state index >= 15 is 0 Å². The second kappa shape index (κ2) is 6.24. The van der Waals surface area contributed by atoms with Crippen molar-refractivity contribution < 1.29 is 4.39 Å². The first-order valence-corrected chi connectivity index (χ1v) is 7.69. The predicted octanol–water partition coefficient (Wildman–Crippen LogP) is 4.17. The molecule has 0 spiro atoms. The summed E-state index contributed by atoms with van der Waals surface area (Å²) in [5.74, 6) is 0.517. The van der Waals surface area contributed by atoms with Gasteiger partial charge in [-0.05, 0) is 41.3 Å². The van der Waals surface area contributed by atoms with E-state index in [4.69, 9.17) is 5.73 Å². The fourth-order valence-corrected chi connectivity index (χ4v) is 3.15. The molecule has 0 aliphatic rings. The van der Waals surface area contributed by atoms with E-state index in [1.165, 1.54) is 12.1 Å². The lowest BCUT2D eigenvalue weighted by atomic mass is 10.0. The summed E-state index contributed by atoms with van der Waals surface area (Å²) < 4.78 is 12.9. The summed E-state index contributed by atoms with van der Waals surface area (Å²) in [7, 11) is 0. The van der Waals surface area contributed by atoms with Gasteiger partial charge in [0, 0.05) is 34.5 Å². The number of pyridine rings is 1. The van der Waals surface area contributed by atoms with Crippen LogP contribution in [0.2, 0.25) is 0 Å². The van der Waals surface area contributed by atoms with Crippen molar-refractivity contribution in [3.05, 3.63) is 72.3 Å². The first-order chi connectivity index (χ1) is 10.2. The van der Waals surface area contributed by atoms with Crippen LogP contribution in [0.25, 0.3) is 10.8 Å². The Morgan fingerprint density at radius 1 is 1.10 bits per heavy atom. The Morgan fingerprint density at radius 3 is 2.71 bits per heavy atom. The SMILES string of the molecule is NC(CSc1ccc(F)cc1)c1cccc2ccncc12. The Balaban J connectivity index is 1.78. The summed E-state index contributed by atoms with van der Waals surface area (Å²) in [6, 6.07) is 14.5. The molecule has 4 heteroatoms.